The average Bonchev–Trinajstić information content (AvgIpc) is 2.59. The molecule has 0 fully saturated rings. The van der Waals surface area contributed by atoms with Crippen molar-refractivity contribution < 1.29 is 23.5 Å². The molecule has 2 aromatic rings. The molecule has 0 saturated carbocycles. The second-order valence-corrected chi connectivity index (χ2v) is 5.16. The number of nitrogens with one attached hydrogen (secondary N) is 2. The molecule has 2 N–H and O–H groups in total. The maximum absolute atomic E-state index is 13.4. The van der Waals surface area contributed by atoms with Crippen LogP contribution in [0.2, 0.25) is 0 Å². The number of benzene rings is 2. The van der Waals surface area contributed by atoms with Gasteiger partial charge in [-0.15, -0.1) is 0 Å². The lowest BCUT2D eigenvalue weighted by molar-refractivity contribution is -0.123. The van der Waals surface area contributed by atoms with E-state index in [0.717, 1.165) is 5.56 Å². The van der Waals surface area contributed by atoms with Gasteiger partial charge in [0.05, 0.1) is 5.69 Å². The lowest BCUT2D eigenvalue weighted by Crippen LogP contribution is -2.29. The molecule has 6 nitrogen and oxygen atoms in total. The summed E-state index contributed by atoms with van der Waals surface area (Å²) in [5, 5.41) is 5.36. The lowest BCUT2D eigenvalue weighted by Gasteiger charge is -2.18. The molecule has 2 amide bonds. The van der Waals surface area contributed by atoms with Crippen molar-refractivity contribution in [2.45, 2.75) is 6.54 Å². The van der Waals surface area contributed by atoms with Gasteiger partial charge in [0.2, 0.25) is 0 Å². The normalized spacial score (nSPS) is 12.6. The third-order valence-corrected chi connectivity index (χ3v) is 3.36. The molecule has 0 spiro atoms. The van der Waals surface area contributed by atoms with Crippen LogP contribution in [0, 0.1) is 5.82 Å². The fourth-order valence-corrected chi connectivity index (χ4v) is 2.19. The van der Waals surface area contributed by atoms with Gasteiger partial charge in [-0.1, -0.05) is 18.2 Å². The van der Waals surface area contributed by atoms with Crippen LogP contribution >= 0.6 is 0 Å². The lowest BCUT2D eigenvalue weighted by atomic mass is 10.1. The smallest absolute Gasteiger partial charge is 0.262 e. The molecule has 124 valence electrons. The third kappa shape index (κ3) is 3.81. The first-order chi connectivity index (χ1) is 11.6. The van der Waals surface area contributed by atoms with Crippen LogP contribution in [0.25, 0.3) is 0 Å². The van der Waals surface area contributed by atoms with E-state index in [9.17, 15) is 14.0 Å². The van der Waals surface area contributed by atoms with Crippen LogP contribution in [0.3, 0.4) is 0 Å². The van der Waals surface area contributed by atoms with Crippen molar-refractivity contribution in [2.24, 2.45) is 0 Å². The first-order valence-electron chi connectivity index (χ1n) is 7.31. The topological polar surface area (TPSA) is 76.7 Å². The molecule has 0 radical (unpaired) electrons. The monoisotopic (exact) mass is 330 g/mol. The summed E-state index contributed by atoms with van der Waals surface area (Å²) < 4.78 is 23.8. The van der Waals surface area contributed by atoms with E-state index in [4.69, 9.17) is 9.47 Å². The van der Waals surface area contributed by atoms with Crippen molar-refractivity contribution in [2.75, 3.05) is 18.5 Å². The molecule has 0 aliphatic carbocycles. The fourth-order valence-electron chi connectivity index (χ4n) is 2.19. The van der Waals surface area contributed by atoms with Gasteiger partial charge < -0.3 is 20.1 Å². The Morgan fingerprint density at radius 1 is 1.29 bits per heavy atom. The first kappa shape index (κ1) is 15.8. The molecule has 3 rings (SSSR count). The van der Waals surface area contributed by atoms with Crippen LogP contribution in [0.1, 0.15) is 5.56 Å². The van der Waals surface area contributed by atoms with E-state index in [1.165, 1.54) is 12.1 Å². The van der Waals surface area contributed by atoms with Gasteiger partial charge in [0.15, 0.2) is 24.8 Å². The van der Waals surface area contributed by atoms with Gasteiger partial charge in [-0.3, -0.25) is 9.59 Å². The summed E-state index contributed by atoms with van der Waals surface area (Å²) in [6.45, 7) is -0.0399. The number of hydrogen-bond acceptors (Lipinski definition) is 4. The Bertz CT molecular complexity index is 779. The molecule has 0 aromatic heterocycles. The fraction of sp³-hybridized carbons (Fsp3) is 0.176. The van der Waals surface area contributed by atoms with Crippen LogP contribution in [0.15, 0.2) is 42.5 Å². The summed E-state index contributed by atoms with van der Waals surface area (Å²) in [6.07, 6.45) is 0. The Labute approximate surface area is 137 Å². The van der Waals surface area contributed by atoms with Gasteiger partial charge >= 0.3 is 0 Å². The molecule has 1 heterocycles. The Balaban J connectivity index is 1.51. The van der Waals surface area contributed by atoms with Crippen LogP contribution in [-0.2, 0) is 16.1 Å². The van der Waals surface area contributed by atoms with Crippen LogP contribution in [0.4, 0.5) is 10.1 Å². The largest absolute Gasteiger partial charge is 0.482 e. The Kier molecular flexibility index (Phi) is 4.60. The number of hydrogen-bond donors (Lipinski definition) is 2. The summed E-state index contributed by atoms with van der Waals surface area (Å²) in [7, 11) is 0. The summed E-state index contributed by atoms with van der Waals surface area (Å²) in [6, 6.07) is 11.1. The van der Waals surface area contributed by atoms with Crippen LogP contribution in [-0.4, -0.2) is 25.0 Å². The van der Waals surface area contributed by atoms with Crippen molar-refractivity contribution in [1.29, 1.82) is 0 Å². The minimum atomic E-state index is -0.515. The molecule has 1 aliphatic heterocycles. The zero-order valence-corrected chi connectivity index (χ0v) is 12.7. The predicted molar refractivity (Wildman–Crippen MR) is 84.3 cm³/mol. The summed E-state index contributed by atoms with van der Waals surface area (Å²) in [4.78, 5) is 23.0. The predicted octanol–water partition coefficient (Wildman–Crippen LogP) is 1.85. The first-order valence-corrected chi connectivity index (χ1v) is 7.31. The van der Waals surface area contributed by atoms with Gasteiger partial charge in [-0.25, -0.2) is 4.39 Å². The highest BCUT2D eigenvalue weighted by molar-refractivity contribution is 5.95. The van der Waals surface area contributed by atoms with E-state index in [2.05, 4.69) is 10.6 Å². The number of ether oxygens (including phenoxy) is 2. The Morgan fingerprint density at radius 3 is 2.96 bits per heavy atom. The number of rotatable bonds is 5. The Morgan fingerprint density at radius 2 is 2.12 bits per heavy atom. The molecule has 0 bridgehead atoms. The maximum Gasteiger partial charge on any atom is 0.262 e. The molecule has 2 aromatic carbocycles. The number of amides is 2. The number of carbonyl (C=O) groups is 2. The van der Waals surface area contributed by atoms with Crippen LogP contribution < -0.4 is 20.1 Å². The van der Waals surface area contributed by atoms with E-state index in [-0.39, 0.29) is 37.3 Å². The van der Waals surface area contributed by atoms with E-state index in [1.54, 1.807) is 30.3 Å². The van der Waals surface area contributed by atoms with E-state index in [0.29, 0.717) is 11.4 Å². The highest BCUT2D eigenvalue weighted by Gasteiger charge is 2.16. The quantitative estimate of drug-likeness (QED) is 0.877. The molecular weight excluding hydrogens is 315 g/mol. The zero-order chi connectivity index (χ0) is 16.9. The van der Waals surface area contributed by atoms with Crippen molar-refractivity contribution in [3.63, 3.8) is 0 Å². The van der Waals surface area contributed by atoms with Gasteiger partial charge in [0, 0.05) is 6.54 Å². The highest BCUT2D eigenvalue weighted by atomic mass is 19.1. The molecule has 0 saturated heterocycles. The van der Waals surface area contributed by atoms with Crippen LogP contribution in [0.5, 0.6) is 11.5 Å². The second kappa shape index (κ2) is 6.99. The van der Waals surface area contributed by atoms with E-state index in [1.807, 2.05) is 0 Å². The van der Waals surface area contributed by atoms with Crippen molar-refractivity contribution in [3.8, 4) is 11.5 Å². The van der Waals surface area contributed by atoms with Crippen molar-refractivity contribution >= 4 is 17.5 Å². The van der Waals surface area contributed by atoms with Gasteiger partial charge in [-0.05, 0) is 29.8 Å². The highest BCUT2D eigenvalue weighted by Crippen LogP contribution is 2.28. The molecule has 0 atom stereocenters. The second-order valence-electron chi connectivity index (χ2n) is 5.16. The van der Waals surface area contributed by atoms with Gasteiger partial charge in [0.25, 0.3) is 11.8 Å². The van der Waals surface area contributed by atoms with Gasteiger partial charge in [0.1, 0.15) is 5.75 Å². The number of anilines is 1. The Hall–Kier alpha value is -3.09. The minimum Gasteiger partial charge on any atom is -0.482 e. The van der Waals surface area contributed by atoms with Gasteiger partial charge in [-0.2, -0.15) is 0 Å². The molecule has 24 heavy (non-hydrogen) atoms. The van der Waals surface area contributed by atoms with Crippen molar-refractivity contribution in [1.82, 2.24) is 5.32 Å². The number of fused-ring (bicyclic) bond motifs is 1. The number of carbonyl (C=O) groups excluding carboxylic acids is 2. The minimum absolute atomic E-state index is 0.0285. The summed E-state index contributed by atoms with van der Waals surface area (Å²) in [5.74, 6) is -0.493. The van der Waals surface area contributed by atoms with E-state index >= 15 is 0 Å². The number of para-hydroxylation sites is 1. The zero-order valence-electron chi connectivity index (χ0n) is 12.7. The molecule has 1 aliphatic rings. The molecule has 7 heteroatoms. The SMILES string of the molecule is O=C(COc1ccccc1F)NCc1ccc2c(c1)OCC(=O)N2. The molecular formula is C17H15FN2O4. The van der Waals surface area contributed by atoms with E-state index < -0.39 is 5.82 Å². The summed E-state index contributed by atoms with van der Waals surface area (Å²) >= 11 is 0. The van der Waals surface area contributed by atoms with Crippen molar-refractivity contribution in [3.05, 3.63) is 53.8 Å². The molecule has 0 unspecified atom stereocenters. The number of halogens is 1. The maximum atomic E-state index is 13.4. The third-order valence-electron chi connectivity index (χ3n) is 3.36. The summed E-state index contributed by atoms with van der Waals surface area (Å²) in [5.41, 5.74) is 1.41. The standard InChI is InChI=1S/C17H15FN2O4/c18-12-3-1-2-4-14(12)23-9-16(21)19-8-11-5-6-13-15(7-11)24-10-17(22)20-13/h1-7H,8-10H2,(H,19,21)(H,20,22). The average molecular weight is 330 g/mol.